The highest BCUT2D eigenvalue weighted by Gasteiger charge is 2.28. The van der Waals surface area contributed by atoms with E-state index in [1.54, 1.807) is 0 Å². The minimum atomic E-state index is 0.282. The van der Waals surface area contributed by atoms with Crippen LogP contribution in [0.5, 0.6) is 0 Å². The van der Waals surface area contributed by atoms with Crippen molar-refractivity contribution in [1.82, 2.24) is 25.3 Å². The van der Waals surface area contributed by atoms with E-state index in [2.05, 4.69) is 37.0 Å². The molecule has 2 aromatic rings. The third-order valence-electron chi connectivity index (χ3n) is 6.79. The summed E-state index contributed by atoms with van der Waals surface area (Å²) >= 11 is 0. The van der Waals surface area contributed by atoms with Gasteiger partial charge in [0.2, 0.25) is 11.9 Å². The molecular formula is C23H33N7O. The van der Waals surface area contributed by atoms with Gasteiger partial charge >= 0.3 is 0 Å². The smallest absolute Gasteiger partial charge is 0.225 e. The summed E-state index contributed by atoms with van der Waals surface area (Å²) in [7, 11) is 0. The number of hydrogen-bond donors (Lipinski definition) is 1. The van der Waals surface area contributed by atoms with Crippen molar-refractivity contribution in [1.29, 1.82) is 0 Å². The Morgan fingerprint density at radius 1 is 1.00 bits per heavy atom. The van der Waals surface area contributed by atoms with Gasteiger partial charge in [0, 0.05) is 76.5 Å². The van der Waals surface area contributed by atoms with Crippen LogP contribution in [0.2, 0.25) is 0 Å². The molecule has 0 aliphatic carbocycles. The fraction of sp³-hybridized carbons (Fsp3) is 0.652. The van der Waals surface area contributed by atoms with E-state index in [0.29, 0.717) is 5.92 Å². The Hall–Kier alpha value is -2.32. The number of nitrogens with one attached hydrogen (secondary N) is 1. The first kappa shape index (κ1) is 20.6. The second kappa shape index (κ2) is 9.44. The molecular weight excluding hydrogens is 390 g/mol. The van der Waals surface area contributed by atoms with Crippen LogP contribution in [0.4, 0.5) is 11.9 Å². The number of aryl methyl sites for hydroxylation is 1. The van der Waals surface area contributed by atoms with E-state index in [9.17, 15) is 0 Å². The molecule has 0 saturated carbocycles. The highest BCUT2D eigenvalue weighted by atomic mass is 16.5. The first-order valence-electron chi connectivity index (χ1n) is 11.8. The maximum Gasteiger partial charge on any atom is 0.225 e. The zero-order chi connectivity index (χ0) is 21.0. The average molecular weight is 424 g/mol. The highest BCUT2D eigenvalue weighted by molar-refractivity contribution is 5.36. The Kier molecular flexibility index (Phi) is 6.27. The highest BCUT2D eigenvalue weighted by Crippen LogP contribution is 2.24. The molecule has 5 rings (SSSR count). The van der Waals surface area contributed by atoms with E-state index in [0.717, 1.165) is 89.9 Å². The Morgan fingerprint density at radius 3 is 2.58 bits per heavy atom. The number of anilines is 2. The van der Waals surface area contributed by atoms with E-state index >= 15 is 0 Å². The normalized spacial score (nSPS) is 22.0. The van der Waals surface area contributed by atoms with Crippen molar-refractivity contribution in [3.63, 3.8) is 0 Å². The van der Waals surface area contributed by atoms with Gasteiger partial charge in [-0.15, -0.1) is 0 Å². The monoisotopic (exact) mass is 423 g/mol. The molecule has 0 radical (unpaired) electrons. The van der Waals surface area contributed by atoms with Gasteiger partial charge in [0.25, 0.3) is 0 Å². The van der Waals surface area contributed by atoms with E-state index < -0.39 is 0 Å². The van der Waals surface area contributed by atoms with Crippen molar-refractivity contribution in [3.05, 3.63) is 35.4 Å². The van der Waals surface area contributed by atoms with Crippen molar-refractivity contribution in [2.24, 2.45) is 5.92 Å². The van der Waals surface area contributed by atoms with E-state index in [-0.39, 0.29) is 6.10 Å². The Morgan fingerprint density at radius 2 is 1.77 bits per heavy atom. The summed E-state index contributed by atoms with van der Waals surface area (Å²) in [5.41, 5.74) is 3.63. The lowest BCUT2D eigenvalue weighted by molar-refractivity contribution is 0.0361. The summed E-state index contributed by atoms with van der Waals surface area (Å²) in [5.74, 6) is 2.35. The van der Waals surface area contributed by atoms with Crippen LogP contribution in [0, 0.1) is 5.92 Å². The Labute approximate surface area is 184 Å². The van der Waals surface area contributed by atoms with Gasteiger partial charge in [-0.3, -0.25) is 0 Å². The summed E-state index contributed by atoms with van der Waals surface area (Å²) in [6, 6.07) is 0. The first-order chi connectivity index (χ1) is 15.3. The van der Waals surface area contributed by atoms with Gasteiger partial charge in [0.05, 0.1) is 11.8 Å². The lowest BCUT2D eigenvalue weighted by Gasteiger charge is -2.32. The van der Waals surface area contributed by atoms with Gasteiger partial charge in [-0.25, -0.2) is 19.9 Å². The molecule has 1 unspecified atom stereocenters. The van der Waals surface area contributed by atoms with Crippen LogP contribution in [0.1, 0.15) is 43.0 Å². The first-order valence-corrected chi connectivity index (χ1v) is 11.8. The van der Waals surface area contributed by atoms with Gasteiger partial charge in [-0.1, -0.05) is 6.92 Å². The lowest BCUT2D eigenvalue weighted by Crippen LogP contribution is -2.37. The van der Waals surface area contributed by atoms with Crippen LogP contribution in [0.15, 0.2) is 18.6 Å². The molecule has 1 atom stereocenters. The third kappa shape index (κ3) is 4.80. The molecule has 8 heteroatoms. The van der Waals surface area contributed by atoms with Crippen LogP contribution < -0.4 is 15.1 Å². The minimum absolute atomic E-state index is 0.282. The molecule has 8 nitrogen and oxygen atoms in total. The Bertz CT molecular complexity index is 867. The molecule has 1 N–H and O–H groups in total. The van der Waals surface area contributed by atoms with Gasteiger partial charge < -0.3 is 19.9 Å². The van der Waals surface area contributed by atoms with Crippen molar-refractivity contribution in [2.45, 2.75) is 51.7 Å². The number of hydrogen-bond acceptors (Lipinski definition) is 8. The van der Waals surface area contributed by atoms with E-state index in [4.69, 9.17) is 9.72 Å². The molecule has 2 fully saturated rings. The predicted molar refractivity (Wildman–Crippen MR) is 120 cm³/mol. The van der Waals surface area contributed by atoms with Gasteiger partial charge in [-0.05, 0) is 37.2 Å². The predicted octanol–water partition coefficient (Wildman–Crippen LogP) is 1.99. The van der Waals surface area contributed by atoms with Crippen LogP contribution in [0.25, 0.3) is 0 Å². The number of piperidine rings is 1. The second-order valence-corrected chi connectivity index (χ2v) is 8.93. The Balaban J connectivity index is 1.07. The quantitative estimate of drug-likeness (QED) is 0.756. The lowest BCUT2D eigenvalue weighted by atomic mass is 9.98. The van der Waals surface area contributed by atoms with Gasteiger partial charge in [-0.2, -0.15) is 0 Å². The maximum atomic E-state index is 6.32. The molecule has 3 aliphatic rings. The van der Waals surface area contributed by atoms with Gasteiger partial charge in [0.1, 0.15) is 0 Å². The van der Waals surface area contributed by atoms with Gasteiger partial charge in [0.15, 0.2) is 0 Å². The summed E-state index contributed by atoms with van der Waals surface area (Å²) in [4.78, 5) is 23.1. The molecule has 5 heterocycles. The summed E-state index contributed by atoms with van der Waals surface area (Å²) in [6.45, 7) is 8.76. The van der Waals surface area contributed by atoms with Crippen molar-refractivity contribution >= 4 is 11.9 Å². The molecule has 31 heavy (non-hydrogen) atoms. The number of nitrogens with zero attached hydrogens (tertiary/aromatic N) is 6. The maximum absolute atomic E-state index is 6.32. The molecule has 166 valence electrons. The molecule has 0 spiro atoms. The minimum Gasteiger partial charge on any atom is -0.376 e. The largest absolute Gasteiger partial charge is 0.376 e. The molecule has 2 aromatic heterocycles. The van der Waals surface area contributed by atoms with E-state index in [1.165, 1.54) is 16.8 Å². The standard InChI is InChI=1S/C23H33N7O/c1-2-17-11-25-22(26-12-17)29-8-4-18(5-9-29)16-31-20-6-10-30(15-20)23-27-14-19-13-24-7-3-21(19)28-23/h11-12,14,18,20,24H,2-10,13,15-16H2,1H3. The number of ether oxygens (including phenoxy) is 1. The number of aromatic nitrogens is 4. The summed E-state index contributed by atoms with van der Waals surface area (Å²) in [6.07, 6.45) is 11.5. The van der Waals surface area contributed by atoms with Crippen molar-refractivity contribution in [2.75, 3.05) is 49.1 Å². The van der Waals surface area contributed by atoms with Crippen molar-refractivity contribution in [3.8, 4) is 0 Å². The van der Waals surface area contributed by atoms with Crippen LogP contribution >= 0.6 is 0 Å². The van der Waals surface area contributed by atoms with Crippen LogP contribution in [-0.2, 0) is 24.1 Å². The second-order valence-electron chi connectivity index (χ2n) is 8.93. The number of rotatable bonds is 6. The molecule has 3 aliphatic heterocycles. The third-order valence-corrected chi connectivity index (χ3v) is 6.79. The fourth-order valence-corrected chi connectivity index (χ4v) is 4.69. The zero-order valence-corrected chi connectivity index (χ0v) is 18.5. The summed E-state index contributed by atoms with van der Waals surface area (Å²) < 4.78 is 6.32. The fourth-order valence-electron chi connectivity index (χ4n) is 4.69. The molecule has 0 bridgehead atoms. The topological polar surface area (TPSA) is 79.3 Å². The van der Waals surface area contributed by atoms with Crippen LogP contribution in [-0.4, -0.2) is 65.4 Å². The SMILES string of the molecule is CCc1cnc(N2CCC(COC3CCN(c4ncc5c(n4)CCNC5)C3)CC2)nc1. The summed E-state index contributed by atoms with van der Waals surface area (Å²) in [5, 5.41) is 3.38. The van der Waals surface area contributed by atoms with E-state index in [1.807, 2.05) is 18.6 Å². The molecule has 0 aromatic carbocycles. The zero-order valence-electron chi connectivity index (χ0n) is 18.5. The van der Waals surface area contributed by atoms with Crippen LogP contribution in [0.3, 0.4) is 0 Å². The molecule has 2 saturated heterocycles. The molecule has 0 amide bonds. The average Bonchev–Trinajstić information content (AvgIpc) is 3.32. The number of fused-ring (bicyclic) bond motifs is 1. The van der Waals surface area contributed by atoms with Crippen molar-refractivity contribution < 1.29 is 4.74 Å².